The highest BCUT2D eigenvalue weighted by Crippen LogP contribution is 2.30. The van der Waals surface area contributed by atoms with Gasteiger partial charge in [0.05, 0.1) is 13.0 Å². The van der Waals surface area contributed by atoms with E-state index >= 15 is 0 Å². The Kier molecular flexibility index (Phi) is 5.95. The van der Waals surface area contributed by atoms with E-state index in [0.717, 1.165) is 6.20 Å². The number of pyridine rings is 1. The van der Waals surface area contributed by atoms with Crippen molar-refractivity contribution in [2.24, 2.45) is 0 Å². The monoisotopic (exact) mass is 341 g/mol. The molecule has 0 aliphatic heterocycles. The first-order valence-corrected chi connectivity index (χ1v) is 6.67. The fourth-order valence-corrected chi connectivity index (χ4v) is 2.46. The van der Waals surface area contributed by atoms with Crippen LogP contribution in [0, 0.1) is 0 Å². The number of hydrogen-bond acceptors (Lipinski definition) is 3. The molecule has 1 heterocycles. The van der Waals surface area contributed by atoms with Crippen molar-refractivity contribution in [3.63, 3.8) is 0 Å². The number of alkyl halides is 3. The highest BCUT2D eigenvalue weighted by atomic mass is 79.9. The molecule has 0 N–H and O–H groups in total. The largest absolute Gasteiger partial charge is 0.466 e. The van der Waals surface area contributed by atoms with Crippen LogP contribution in [0.25, 0.3) is 0 Å². The van der Waals surface area contributed by atoms with Crippen molar-refractivity contribution >= 4 is 33.5 Å². The summed E-state index contributed by atoms with van der Waals surface area (Å²) in [6.45, 7) is 1.85. The van der Waals surface area contributed by atoms with Crippen LogP contribution in [-0.4, -0.2) is 17.6 Å². The lowest BCUT2D eigenvalue weighted by Crippen LogP contribution is -2.12. The first-order chi connectivity index (χ1) is 8.51. The summed E-state index contributed by atoms with van der Waals surface area (Å²) < 4.78 is 30.5. The molecule has 0 aromatic carbocycles. The van der Waals surface area contributed by atoms with Crippen LogP contribution in [0.2, 0.25) is 5.15 Å². The average Bonchev–Trinajstić information content (AvgIpc) is 2.29. The Morgan fingerprint density at radius 3 is 2.72 bits per heavy atom. The predicted octanol–water partition coefficient (Wildman–Crippen LogP) is 3.67. The van der Waals surface area contributed by atoms with E-state index in [2.05, 4.69) is 20.9 Å². The van der Waals surface area contributed by atoms with Crippen LogP contribution in [0.15, 0.2) is 6.20 Å². The topological polar surface area (TPSA) is 39.2 Å². The quantitative estimate of drug-likeness (QED) is 0.465. The molecule has 1 aromatic rings. The maximum atomic E-state index is 12.9. The molecule has 0 atom stereocenters. The minimum absolute atomic E-state index is 0.107. The predicted molar refractivity (Wildman–Crippen MR) is 67.2 cm³/mol. The number of carbonyl (C=O) groups excluding carboxylic acids is 1. The van der Waals surface area contributed by atoms with E-state index in [1.807, 2.05) is 0 Å². The van der Waals surface area contributed by atoms with Gasteiger partial charge in [-0.3, -0.25) is 4.79 Å². The molecule has 3 nitrogen and oxygen atoms in total. The van der Waals surface area contributed by atoms with Gasteiger partial charge < -0.3 is 4.74 Å². The van der Waals surface area contributed by atoms with E-state index in [1.165, 1.54) is 0 Å². The molecule has 18 heavy (non-hydrogen) atoms. The zero-order valence-electron chi connectivity index (χ0n) is 9.55. The van der Waals surface area contributed by atoms with Gasteiger partial charge in [-0.05, 0) is 12.5 Å². The maximum Gasteiger partial charge on any atom is 0.310 e. The highest BCUT2D eigenvalue weighted by Gasteiger charge is 2.21. The summed E-state index contributed by atoms with van der Waals surface area (Å²) in [5.41, 5.74) is 0.282. The lowest BCUT2D eigenvalue weighted by atomic mass is 10.0. The number of carbonyl (C=O) groups is 1. The van der Waals surface area contributed by atoms with Gasteiger partial charge in [-0.25, -0.2) is 13.8 Å². The highest BCUT2D eigenvalue weighted by molar-refractivity contribution is 9.08. The smallest absolute Gasteiger partial charge is 0.310 e. The molecule has 1 rings (SSSR count). The van der Waals surface area contributed by atoms with Gasteiger partial charge in [-0.2, -0.15) is 0 Å². The van der Waals surface area contributed by atoms with Crippen LogP contribution in [0.3, 0.4) is 0 Å². The van der Waals surface area contributed by atoms with Gasteiger partial charge in [-0.15, -0.1) is 0 Å². The zero-order chi connectivity index (χ0) is 13.7. The number of halogens is 4. The Hall–Kier alpha value is -0.750. The van der Waals surface area contributed by atoms with Gasteiger partial charge in [-0.1, -0.05) is 27.5 Å². The van der Waals surface area contributed by atoms with E-state index in [4.69, 9.17) is 16.3 Å². The van der Waals surface area contributed by atoms with Crippen LogP contribution >= 0.6 is 27.5 Å². The molecule has 0 spiro atoms. The normalized spacial score (nSPS) is 10.8. The van der Waals surface area contributed by atoms with Crippen LogP contribution in [0.5, 0.6) is 0 Å². The number of hydrogen-bond donors (Lipinski definition) is 0. The van der Waals surface area contributed by atoms with Gasteiger partial charge in [0.1, 0.15) is 5.15 Å². The van der Waals surface area contributed by atoms with E-state index < -0.39 is 12.4 Å². The average molecular weight is 343 g/mol. The maximum absolute atomic E-state index is 12.9. The molecule has 0 amide bonds. The standard InChI is InChI=1S/C11H11BrClF2NO2/c1-2-18-9(17)3-6-7(4-12)10(13)16-5-8(6)11(14)15/h5,11H,2-4H2,1H3. The third-order valence-corrected chi connectivity index (χ3v) is 3.16. The third-order valence-electron chi connectivity index (χ3n) is 2.27. The van der Waals surface area contributed by atoms with Crippen LogP contribution in [0.1, 0.15) is 30.0 Å². The molecule has 0 fully saturated rings. The molecule has 0 aliphatic rings. The van der Waals surface area contributed by atoms with Crippen LogP contribution < -0.4 is 0 Å². The summed E-state index contributed by atoms with van der Waals surface area (Å²) in [6.07, 6.45) is -1.96. The Morgan fingerprint density at radius 2 is 2.22 bits per heavy atom. The lowest BCUT2D eigenvalue weighted by Gasteiger charge is -2.13. The summed E-state index contributed by atoms with van der Waals surface area (Å²) in [4.78, 5) is 15.1. The molecule has 7 heteroatoms. The Balaban J connectivity index is 3.19. The molecule has 0 radical (unpaired) electrons. The van der Waals surface area contributed by atoms with E-state index in [-0.39, 0.29) is 34.6 Å². The van der Waals surface area contributed by atoms with Gasteiger partial charge in [0, 0.05) is 22.7 Å². The Morgan fingerprint density at radius 1 is 1.56 bits per heavy atom. The second-order valence-electron chi connectivity index (χ2n) is 3.38. The minimum Gasteiger partial charge on any atom is -0.466 e. The number of esters is 1. The molecule has 0 saturated heterocycles. The van der Waals surface area contributed by atoms with Crippen molar-refractivity contribution in [2.75, 3.05) is 6.61 Å². The second-order valence-corrected chi connectivity index (χ2v) is 4.30. The Labute approximate surface area is 117 Å². The minimum atomic E-state index is -2.71. The second kappa shape index (κ2) is 6.99. The SMILES string of the molecule is CCOC(=O)Cc1c(C(F)F)cnc(Cl)c1CBr. The number of aromatic nitrogens is 1. The summed E-state index contributed by atoms with van der Waals surface area (Å²) in [5, 5.41) is 0.351. The van der Waals surface area contributed by atoms with Gasteiger partial charge >= 0.3 is 5.97 Å². The summed E-state index contributed by atoms with van der Waals surface area (Å²) in [7, 11) is 0. The van der Waals surface area contributed by atoms with Crippen molar-refractivity contribution < 1.29 is 18.3 Å². The van der Waals surface area contributed by atoms with Crippen molar-refractivity contribution in [1.29, 1.82) is 0 Å². The molecule has 0 aliphatic carbocycles. The van der Waals surface area contributed by atoms with Gasteiger partial charge in [0.2, 0.25) is 0 Å². The first-order valence-electron chi connectivity index (χ1n) is 5.17. The molecule has 100 valence electrons. The molecular formula is C11H11BrClF2NO2. The zero-order valence-corrected chi connectivity index (χ0v) is 11.9. The summed E-state index contributed by atoms with van der Waals surface area (Å²) in [5.74, 6) is -0.566. The number of rotatable bonds is 5. The lowest BCUT2D eigenvalue weighted by molar-refractivity contribution is -0.142. The van der Waals surface area contributed by atoms with Gasteiger partial charge in [0.25, 0.3) is 6.43 Å². The molecular weight excluding hydrogens is 331 g/mol. The Bertz CT molecular complexity index is 443. The molecule has 1 aromatic heterocycles. The van der Waals surface area contributed by atoms with Crippen molar-refractivity contribution in [3.05, 3.63) is 28.0 Å². The van der Waals surface area contributed by atoms with E-state index in [9.17, 15) is 13.6 Å². The summed E-state index contributed by atoms with van der Waals surface area (Å²) in [6, 6.07) is 0. The van der Waals surface area contributed by atoms with Gasteiger partial charge in [0.15, 0.2) is 0 Å². The fraction of sp³-hybridized carbons (Fsp3) is 0.455. The fourth-order valence-electron chi connectivity index (χ4n) is 1.47. The van der Waals surface area contributed by atoms with Crippen LogP contribution in [-0.2, 0) is 21.3 Å². The molecule has 0 saturated carbocycles. The first kappa shape index (κ1) is 15.3. The van der Waals surface area contributed by atoms with E-state index in [0.29, 0.717) is 5.56 Å². The summed E-state index contributed by atoms with van der Waals surface area (Å²) >= 11 is 8.98. The van der Waals surface area contributed by atoms with E-state index in [1.54, 1.807) is 6.92 Å². The van der Waals surface area contributed by atoms with Crippen molar-refractivity contribution in [1.82, 2.24) is 4.98 Å². The number of nitrogens with zero attached hydrogens (tertiary/aromatic N) is 1. The molecule has 0 bridgehead atoms. The molecule has 0 unspecified atom stereocenters. The van der Waals surface area contributed by atoms with Crippen LogP contribution in [0.4, 0.5) is 8.78 Å². The van der Waals surface area contributed by atoms with Crippen molar-refractivity contribution in [3.8, 4) is 0 Å². The van der Waals surface area contributed by atoms with Crippen molar-refractivity contribution in [2.45, 2.75) is 25.1 Å². The number of ether oxygens (including phenoxy) is 1. The third kappa shape index (κ3) is 3.62.